The molecular formula is C21H17ClF2N6S. The second kappa shape index (κ2) is 9.23. The Morgan fingerprint density at radius 3 is 2.10 bits per heavy atom. The molecule has 2 aromatic heterocycles. The standard InChI is InChI=1S/C21H17ClF2N6S/c22-16-5-3-7-18(24)15(16)13-30-11-9-20(28-30)26-21(31)25-19-8-10-29(27-19)12-14-4-1-2-6-17(14)23/h1-11H,12-13H2,(H2,25,26,27,28,31). The van der Waals surface area contributed by atoms with Gasteiger partial charge in [0.15, 0.2) is 16.7 Å². The molecule has 2 N–H and O–H groups in total. The van der Waals surface area contributed by atoms with Crippen LogP contribution in [0.3, 0.4) is 0 Å². The van der Waals surface area contributed by atoms with Crippen LogP contribution in [0.25, 0.3) is 0 Å². The first-order valence-electron chi connectivity index (χ1n) is 9.29. The van der Waals surface area contributed by atoms with Crippen molar-refractivity contribution in [2.75, 3.05) is 10.6 Å². The van der Waals surface area contributed by atoms with Crippen LogP contribution in [-0.2, 0) is 13.1 Å². The van der Waals surface area contributed by atoms with E-state index >= 15 is 0 Å². The van der Waals surface area contributed by atoms with Crippen molar-refractivity contribution in [3.8, 4) is 0 Å². The van der Waals surface area contributed by atoms with E-state index in [0.717, 1.165) is 0 Å². The lowest BCUT2D eigenvalue weighted by Crippen LogP contribution is -2.20. The second-order valence-electron chi connectivity index (χ2n) is 6.67. The van der Waals surface area contributed by atoms with Gasteiger partial charge in [0.1, 0.15) is 11.6 Å². The lowest BCUT2D eigenvalue weighted by molar-refractivity contribution is 0.586. The van der Waals surface area contributed by atoms with Gasteiger partial charge < -0.3 is 10.6 Å². The van der Waals surface area contributed by atoms with Crippen molar-refractivity contribution < 1.29 is 8.78 Å². The summed E-state index contributed by atoms with van der Waals surface area (Å²) in [5.41, 5.74) is 0.901. The Labute approximate surface area is 187 Å². The maximum Gasteiger partial charge on any atom is 0.177 e. The van der Waals surface area contributed by atoms with Crippen molar-refractivity contribution in [1.29, 1.82) is 0 Å². The minimum atomic E-state index is -0.388. The van der Waals surface area contributed by atoms with Crippen molar-refractivity contribution >= 4 is 40.6 Å². The zero-order valence-electron chi connectivity index (χ0n) is 16.1. The van der Waals surface area contributed by atoms with E-state index in [1.165, 1.54) is 12.1 Å². The number of nitrogens with one attached hydrogen (secondary N) is 2. The van der Waals surface area contributed by atoms with E-state index in [2.05, 4.69) is 20.8 Å². The van der Waals surface area contributed by atoms with E-state index in [1.54, 1.807) is 64.2 Å². The minimum Gasteiger partial charge on any atom is -0.316 e. The van der Waals surface area contributed by atoms with Crippen LogP contribution in [0.1, 0.15) is 11.1 Å². The summed E-state index contributed by atoms with van der Waals surface area (Å²) in [5, 5.41) is 15.2. The number of hydrogen-bond acceptors (Lipinski definition) is 3. The highest BCUT2D eigenvalue weighted by Crippen LogP contribution is 2.20. The van der Waals surface area contributed by atoms with Crippen LogP contribution in [0.4, 0.5) is 20.4 Å². The zero-order chi connectivity index (χ0) is 21.8. The first kappa shape index (κ1) is 21.0. The third-order valence-electron chi connectivity index (χ3n) is 4.44. The molecule has 0 saturated carbocycles. The molecule has 0 unspecified atom stereocenters. The molecule has 0 bridgehead atoms. The number of benzene rings is 2. The number of thiocarbonyl (C=S) groups is 1. The minimum absolute atomic E-state index is 0.188. The number of nitrogens with zero attached hydrogens (tertiary/aromatic N) is 4. The monoisotopic (exact) mass is 458 g/mol. The van der Waals surface area contributed by atoms with E-state index in [4.69, 9.17) is 23.8 Å². The summed E-state index contributed by atoms with van der Waals surface area (Å²) >= 11 is 11.4. The van der Waals surface area contributed by atoms with Crippen LogP contribution >= 0.6 is 23.8 Å². The van der Waals surface area contributed by atoms with Crippen LogP contribution in [0, 0.1) is 11.6 Å². The normalized spacial score (nSPS) is 10.8. The number of anilines is 2. The van der Waals surface area contributed by atoms with Gasteiger partial charge in [-0.2, -0.15) is 10.2 Å². The van der Waals surface area contributed by atoms with Gasteiger partial charge in [-0.15, -0.1) is 0 Å². The maximum absolute atomic E-state index is 14.0. The highest BCUT2D eigenvalue weighted by atomic mass is 35.5. The van der Waals surface area contributed by atoms with Gasteiger partial charge in [0.05, 0.1) is 13.1 Å². The summed E-state index contributed by atoms with van der Waals surface area (Å²) in [6.45, 7) is 0.491. The van der Waals surface area contributed by atoms with E-state index in [0.29, 0.717) is 34.3 Å². The van der Waals surface area contributed by atoms with Gasteiger partial charge in [-0.1, -0.05) is 35.9 Å². The number of rotatable bonds is 6. The van der Waals surface area contributed by atoms with Crippen LogP contribution in [-0.4, -0.2) is 24.7 Å². The number of hydrogen-bond donors (Lipinski definition) is 2. The van der Waals surface area contributed by atoms with E-state index in [1.807, 2.05) is 0 Å². The molecular weight excluding hydrogens is 442 g/mol. The fourth-order valence-corrected chi connectivity index (χ4v) is 3.38. The topological polar surface area (TPSA) is 59.7 Å². The quantitative estimate of drug-likeness (QED) is 0.402. The molecule has 0 amide bonds. The SMILES string of the molecule is Fc1ccccc1Cn1ccc(NC(=S)Nc2ccn(Cc3c(F)cccc3Cl)n2)n1. The Morgan fingerprint density at radius 1 is 0.839 bits per heavy atom. The van der Waals surface area contributed by atoms with Crippen LogP contribution < -0.4 is 10.6 Å². The molecule has 0 spiro atoms. The molecule has 10 heteroatoms. The molecule has 0 aliphatic rings. The lowest BCUT2D eigenvalue weighted by Gasteiger charge is -2.07. The molecule has 0 saturated heterocycles. The van der Waals surface area contributed by atoms with Gasteiger partial charge in [0.2, 0.25) is 0 Å². The molecule has 2 heterocycles. The molecule has 31 heavy (non-hydrogen) atoms. The molecule has 0 aliphatic carbocycles. The fraction of sp³-hybridized carbons (Fsp3) is 0.0952. The molecule has 0 fully saturated rings. The summed E-state index contributed by atoms with van der Waals surface area (Å²) in [4.78, 5) is 0. The Hall–Kier alpha value is -3.30. The van der Waals surface area contributed by atoms with Crippen molar-refractivity contribution in [3.63, 3.8) is 0 Å². The maximum atomic E-state index is 14.0. The first-order chi connectivity index (χ1) is 15.0. The third kappa shape index (κ3) is 5.25. The van der Waals surface area contributed by atoms with E-state index < -0.39 is 0 Å². The van der Waals surface area contributed by atoms with Crippen molar-refractivity contribution in [1.82, 2.24) is 19.6 Å². The van der Waals surface area contributed by atoms with Gasteiger partial charge in [-0.05, 0) is 30.4 Å². The second-order valence-corrected chi connectivity index (χ2v) is 7.48. The summed E-state index contributed by atoms with van der Waals surface area (Å²) < 4.78 is 30.9. The van der Waals surface area contributed by atoms with Gasteiger partial charge >= 0.3 is 0 Å². The molecule has 4 rings (SSSR count). The number of halogens is 3. The summed E-state index contributed by atoms with van der Waals surface area (Å²) in [6, 6.07) is 14.5. The summed E-state index contributed by atoms with van der Waals surface area (Å²) in [5.74, 6) is 0.319. The predicted octanol–water partition coefficient (Wildman–Crippen LogP) is 4.92. The Bertz CT molecular complexity index is 1200. The molecule has 4 aromatic rings. The van der Waals surface area contributed by atoms with Crippen LogP contribution in [0.2, 0.25) is 5.02 Å². The van der Waals surface area contributed by atoms with E-state index in [9.17, 15) is 8.78 Å². The Morgan fingerprint density at radius 2 is 1.45 bits per heavy atom. The first-order valence-corrected chi connectivity index (χ1v) is 10.1. The lowest BCUT2D eigenvalue weighted by atomic mass is 10.2. The molecule has 0 atom stereocenters. The van der Waals surface area contributed by atoms with Crippen LogP contribution in [0.15, 0.2) is 67.0 Å². The average molecular weight is 459 g/mol. The average Bonchev–Trinajstić information content (AvgIpc) is 3.36. The largest absolute Gasteiger partial charge is 0.316 e. The Balaban J connectivity index is 1.35. The van der Waals surface area contributed by atoms with E-state index in [-0.39, 0.29) is 23.3 Å². The molecule has 2 aromatic carbocycles. The molecule has 0 radical (unpaired) electrons. The van der Waals surface area contributed by atoms with Gasteiger partial charge in [0, 0.05) is 40.7 Å². The highest BCUT2D eigenvalue weighted by molar-refractivity contribution is 7.80. The van der Waals surface area contributed by atoms with Crippen molar-refractivity contribution in [2.24, 2.45) is 0 Å². The summed E-state index contributed by atoms with van der Waals surface area (Å²) in [7, 11) is 0. The zero-order valence-corrected chi connectivity index (χ0v) is 17.7. The van der Waals surface area contributed by atoms with Gasteiger partial charge in [-0.3, -0.25) is 9.36 Å². The predicted molar refractivity (Wildman–Crippen MR) is 120 cm³/mol. The van der Waals surface area contributed by atoms with Crippen molar-refractivity contribution in [2.45, 2.75) is 13.1 Å². The third-order valence-corrected chi connectivity index (χ3v) is 4.99. The van der Waals surface area contributed by atoms with Gasteiger partial charge in [0.25, 0.3) is 0 Å². The molecule has 158 valence electrons. The number of aromatic nitrogens is 4. The molecule has 0 aliphatic heterocycles. The fourth-order valence-electron chi connectivity index (χ4n) is 2.94. The molecule has 6 nitrogen and oxygen atoms in total. The van der Waals surface area contributed by atoms with Gasteiger partial charge in [-0.25, -0.2) is 8.78 Å². The highest BCUT2D eigenvalue weighted by Gasteiger charge is 2.10. The van der Waals surface area contributed by atoms with Crippen molar-refractivity contribution in [3.05, 3.63) is 94.8 Å². The smallest absolute Gasteiger partial charge is 0.177 e. The summed E-state index contributed by atoms with van der Waals surface area (Å²) in [6.07, 6.45) is 3.42. The van der Waals surface area contributed by atoms with Crippen LogP contribution in [0.5, 0.6) is 0 Å². The Kier molecular flexibility index (Phi) is 6.24.